The van der Waals surface area contributed by atoms with Gasteiger partial charge in [0, 0.05) is 18.4 Å². The summed E-state index contributed by atoms with van der Waals surface area (Å²) in [7, 11) is 0. The summed E-state index contributed by atoms with van der Waals surface area (Å²) in [6.45, 7) is 3.27. The summed E-state index contributed by atoms with van der Waals surface area (Å²) in [6.07, 6.45) is 9.16. The second-order valence-corrected chi connectivity index (χ2v) is 4.41. The van der Waals surface area contributed by atoms with Gasteiger partial charge in [0.15, 0.2) is 0 Å². The first-order chi connectivity index (χ1) is 7.40. The first-order valence-corrected chi connectivity index (χ1v) is 6.02. The zero-order chi connectivity index (χ0) is 10.5. The van der Waals surface area contributed by atoms with Crippen LogP contribution in [0.2, 0.25) is 0 Å². The number of nitrogens with zero attached hydrogens (tertiary/aromatic N) is 1. The molecule has 15 heavy (non-hydrogen) atoms. The minimum atomic E-state index is 0.672. The second kappa shape index (κ2) is 5.26. The maximum absolute atomic E-state index is 4.06. The fraction of sp³-hybridized carbons (Fsp3) is 0.615. The van der Waals surface area contributed by atoms with Crippen molar-refractivity contribution >= 4 is 0 Å². The fourth-order valence-electron chi connectivity index (χ4n) is 2.28. The predicted molar refractivity (Wildman–Crippen MR) is 62.7 cm³/mol. The van der Waals surface area contributed by atoms with Gasteiger partial charge in [-0.15, -0.1) is 0 Å². The smallest absolute Gasteiger partial charge is 0.0270 e. The van der Waals surface area contributed by atoms with Crippen molar-refractivity contribution in [1.29, 1.82) is 0 Å². The highest BCUT2D eigenvalue weighted by molar-refractivity contribution is 5.12. The van der Waals surface area contributed by atoms with E-state index in [1.807, 2.05) is 12.4 Å². The molecule has 1 unspecified atom stereocenters. The Labute approximate surface area is 92.1 Å². The summed E-state index contributed by atoms with van der Waals surface area (Å²) >= 11 is 0. The van der Waals surface area contributed by atoms with E-state index in [1.165, 1.54) is 24.8 Å². The number of rotatable bonds is 5. The number of likely N-dealkylation sites (N-methyl/N-ethyl adjacent to an activating group) is 1. The molecule has 2 nitrogen and oxygen atoms in total. The minimum absolute atomic E-state index is 0.672. The molecule has 0 aliphatic heterocycles. The molecule has 1 N–H and O–H groups in total. The van der Waals surface area contributed by atoms with Gasteiger partial charge in [-0.25, -0.2) is 0 Å². The number of nitrogens with one attached hydrogen (secondary N) is 1. The molecule has 1 saturated carbocycles. The fourth-order valence-corrected chi connectivity index (χ4v) is 2.28. The van der Waals surface area contributed by atoms with E-state index in [0.717, 1.165) is 18.9 Å². The van der Waals surface area contributed by atoms with E-state index in [4.69, 9.17) is 0 Å². The molecule has 0 bridgehead atoms. The van der Waals surface area contributed by atoms with E-state index in [0.29, 0.717) is 6.04 Å². The molecule has 0 spiro atoms. The van der Waals surface area contributed by atoms with Gasteiger partial charge in [-0.2, -0.15) is 0 Å². The van der Waals surface area contributed by atoms with Crippen LogP contribution in [-0.4, -0.2) is 17.6 Å². The average molecular weight is 204 g/mol. The second-order valence-electron chi connectivity index (χ2n) is 4.41. The van der Waals surface area contributed by atoms with Gasteiger partial charge >= 0.3 is 0 Å². The number of hydrogen-bond acceptors (Lipinski definition) is 2. The van der Waals surface area contributed by atoms with Crippen LogP contribution in [0.3, 0.4) is 0 Å². The van der Waals surface area contributed by atoms with Gasteiger partial charge in [-0.05, 0) is 49.4 Å². The first kappa shape index (κ1) is 10.6. The molecule has 2 rings (SSSR count). The van der Waals surface area contributed by atoms with Crippen molar-refractivity contribution in [1.82, 2.24) is 10.3 Å². The molecule has 1 aliphatic carbocycles. The van der Waals surface area contributed by atoms with Gasteiger partial charge in [0.25, 0.3) is 0 Å². The van der Waals surface area contributed by atoms with Crippen molar-refractivity contribution in [3.63, 3.8) is 0 Å². The van der Waals surface area contributed by atoms with Gasteiger partial charge < -0.3 is 5.32 Å². The Bertz CT molecular complexity index is 280. The van der Waals surface area contributed by atoms with Gasteiger partial charge in [-0.3, -0.25) is 4.98 Å². The quantitative estimate of drug-likeness (QED) is 0.796. The highest BCUT2D eigenvalue weighted by Gasteiger charge is 2.26. The summed E-state index contributed by atoms with van der Waals surface area (Å²) in [5.74, 6) is 0.901. The zero-order valence-corrected chi connectivity index (χ0v) is 9.45. The topological polar surface area (TPSA) is 24.9 Å². The maximum atomic E-state index is 4.06. The minimum Gasteiger partial charge on any atom is -0.314 e. The first-order valence-electron chi connectivity index (χ1n) is 6.02. The molecule has 0 amide bonds. The third-order valence-corrected chi connectivity index (χ3v) is 3.39. The van der Waals surface area contributed by atoms with Gasteiger partial charge in [0.05, 0.1) is 0 Å². The van der Waals surface area contributed by atoms with Crippen LogP contribution >= 0.6 is 0 Å². The van der Waals surface area contributed by atoms with Crippen LogP contribution in [0.4, 0.5) is 0 Å². The van der Waals surface area contributed by atoms with Crippen LogP contribution in [0.25, 0.3) is 0 Å². The van der Waals surface area contributed by atoms with Gasteiger partial charge in [0.2, 0.25) is 0 Å². The predicted octanol–water partition coefficient (Wildman–Crippen LogP) is 2.40. The number of hydrogen-bond donors (Lipinski definition) is 1. The standard InChI is InChI=1S/C13H20N2/c1-2-15-13(12-4-3-5-12)10-11-6-8-14-9-7-11/h6-9,12-13,15H,2-5,10H2,1H3. The molecule has 1 heterocycles. The normalized spacial score (nSPS) is 18.5. The summed E-state index contributed by atoms with van der Waals surface area (Å²) < 4.78 is 0. The van der Waals surface area contributed by atoms with Crippen molar-refractivity contribution in [2.75, 3.05) is 6.54 Å². The van der Waals surface area contributed by atoms with E-state index in [9.17, 15) is 0 Å². The summed E-state index contributed by atoms with van der Waals surface area (Å²) in [6, 6.07) is 4.93. The van der Waals surface area contributed by atoms with Crippen molar-refractivity contribution in [3.05, 3.63) is 30.1 Å². The molecule has 0 radical (unpaired) electrons. The van der Waals surface area contributed by atoms with Gasteiger partial charge in [-0.1, -0.05) is 13.3 Å². The lowest BCUT2D eigenvalue weighted by Crippen LogP contribution is -2.41. The van der Waals surface area contributed by atoms with Crippen molar-refractivity contribution < 1.29 is 0 Å². The average Bonchev–Trinajstić information content (AvgIpc) is 2.17. The van der Waals surface area contributed by atoms with Crippen molar-refractivity contribution in [3.8, 4) is 0 Å². The Morgan fingerprint density at radius 2 is 2.13 bits per heavy atom. The third kappa shape index (κ3) is 2.78. The third-order valence-electron chi connectivity index (χ3n) is 3.39. The molecule has 1 aromatic heterocycles. The molecule has 82 valence electrons. The van der Waals surface area contributed by atoms with E-state index in [1.54, 1.807) is 0 Å². The van der Waals surface area contributed by atoms with E-state index < -0.39 is 0 Å². The number of aromatic nitrogens is 1. The summed E-state index contributed by atoms with van der Waals surface area (Å²) in [5, 5.41) is 3.61. The monoisotopic (exact) mass is 204 g/mol. The van der Waals surface area contributed by atoms with Crippen LogP contribution in [0.15, 0.2) is 24.5 Å². The van der Waals surface area contributed by atoms with Crippen LogP contribution in [0.5, 0.6) is 0 Å². The molecule has 1 atom stereocenters. The largest absolute Gasteiger partial charge is 0.314 e. The van der Waals surface area contributed by atoms with E-state index in [-0.39, 0.29) is 0 Å². The Balaban J connectivity index is 1.93. The molecule has 0 saturated heterocycles. The molecular weight excluding hydrogens is 184 g/mol. The Morgan fingerprint density at radius 1 is 1.40 bits per heavy atom. The maximum Gasteiger partial charge on any atom is 0.0270 e. The van der Waals surface area contributed by atoms with Crippen molar-refractivity contribution in [2.24, 2.45) is 5.92 Å². The molecular formula is C13H20N2. The van der Waals surface area contributed by atoms with E-state index >= 15 is 0 Å². The van der Waals surface area contributed by atoms with Gasteiger partial charge in [0.1, 0.15) is 0 Å². The summed E-state index contributed by atoms with van der Waals surface area (Å²) in [4.78, 5) is 4.06. The van der Waals surface area contributed by atoms with Crippen LogP contribution in [-0.2, 0) is 6.42 Å². The van der Waals surface area contributed by atoms with Crippen LogP contribution in [0.1, 0.15) is 31.7 Å². The Morgan fingerprint density at radius 3 is 2.67 bits per heavy atom. The number of pyridine rings is 1. The van der Waals surface area contributed by atoms with Crippen LogP contribution < -0.4 is 5.32 Å². The highest BCUT2D eigenvalue weighted by Crippen LogP contribution is 2.30. The molecule has 1 fully saturated rings. The lowest BCUT2D eigenvalue weighted by atomic mass is 9.77. The Hall–Kier alpha value is -0.890. The lowest BCUT2D eigenvalue weighted by Gasteiger charge is -2.34. The molecule has 1 aliphatic rings. The Kier molecular flexibility index (Phi) is 3.73. The van der Waals surface area contributed by atoms with Crippen LogP contribution in [0, 0.1) is 5.92 Å². The molecule has 0 aromatic carbocycles. The summed E-state index contributed by atoms with van der Waals surface area (Å²) in [5.41, 5.74) is 1.41. The molecule has 1 aromatic rings. The lowest BCUT2D eigenvalue weighted by molar-refractivity contribution is 0.229. The zero-order valence-electron chi connectivity index (χ0n) is 9.45. The SMILES string of the molecule is CCNC(Cc1ccncc1)C1CCC1. The van der Waals surface area contributed by atoms with E-state index in [2.05, 4.69) is 29.4 Å². The highest BCUT2D eigenvalue weighted by atomic mass is 14.9. The molecule has 2 heteroatoms. The van der Waals surface area contributed by atoms with Crippen molar-refractivity contribution in [2.45, 2.75) is 38.6 Å².